The smallest absolute Gasteiger partial charge is 0.490 e. The van der Waals surface area contributed by atoms with Crippen LogP contribution >= 0.6 is 11.6 Å². The second-order valence-electron chi connectivity index (χ2n) is 7.20. The molecule has 0 atom stereocenters. The van der Waals surface area contributed by atoms with Crippen LogP contribution in [0.3, 0.4) is 0 Å². The first-order valence-corrected chi connectivity index (χ1v) is 9.60. The number of aliphatic carboxylic acids is 2. The van der Waals surface area contributed by atoms with Crippen molar-refractivity contribution >= 4 is 23.5 Å². The number of benzene rings is 1. The standard InChI is InChI=1S/C17H22ClNO3.C2HF3O2/c18-15-3-4-16(22-11-12-1-2-12)14(9-15)10-19-7-5-13(6-8-19)17(20)21;3-2(4,5)1(6)7/h3-4,9,12-13H,1-2,5-8,10-11H2,(H,20,21);(H,6,7). The molecule has 6 nitrogen and oxygen atoms in total. The SMILES string of the molecule is O=C(O)C(F)(F)F.O=C(O)C1CCN(Cc2cc(Cl)ccc2OCC2CC2)CC1. The van der Waals surface area contributed by atoms with Crippen molar-refractivity contribution in [3.63, 3.8) is 0 Å². The van der Waals surface area contributed by atoms with Gasteiger partial charge in [-0.3, -0.25) is 9.69 Å². The van der Waals surface area contributed by atoms with Crippen molar-refractivity contribution in [3.05, 3.63) is 28.8 Å². The molecule has 0 aromatic heterocycles. The lowest BCUT2D eigenvalue weighted by Gasteiger charge is -2.30. The fourth-order valence-electron chi connectivity index (χ4n) is 2.88. The first-order valence-electron chi connectivity index (χ1n) is 9.22. The molecule has 1 aromatic rings. The summed E-state index contributed by atoms with van der Waals surface area (Å²) in [5.74, 6) is -1.99. The van der Waals surface area contributed by atoms with Crippen molar-refractivity contribution in [1.82, 2.24) is 4.90 Å². The lowest BCUT2D eigenvalue weighted by atomic mass is 9.97. The summed E-state index contributed by atoms with van der Waals surface area (Å²) in [6, 6.07) is 5.78. The van der Waals surface area contributed by atoms with E-state index in [-0.39, 0.29) is 5.92 Å². The largest absolute Gasteiger partial charge is 0.493 e. The molecule has 2 fully saturated rings. The molecular formula is C19H23ClF3NO5. The number of likely N-dealkylation sites (tertiary alicyclic amines) is 1. The number of alkyl halides is 3. The Morgan fingerprint density at radius 2 is 1.72 bits per heavy atom. The molecule has 1 aliphatic carbocycles. The van der Waals surface area contributed by atoms with Gasteiger partial charge in [-0.05, 0) is 62.9 Å². The highest BCUT2D eigenvalue weighted by Gasteiger charge is 2.38. The number of nitrogens with zero attached hydrogens (tertiary/aromatic N) is 1. The number of hydrogen-bond donors (Lipinski definition) is 2. The molecule has 1 heterocycles. The molecule has 0 bridgehead atoms. The molecular weight excluding hydrogens is 415 g/mol. The summed E-state index contributed by atoms with van der Waals surface area (Å²) in [6.07, 6.45) is -1.11. The van der Waals surface area contributed by atoms with Gasteiger partial charge in [0.15, 0.2) is 0 Å². The maximum Gasteiger partial charge on any atom is 0.490 e. The molecule has 1 saturated carbocycles. The van der Waals surface area contributed by atoms with E-state index in [2.05, 4.69) is 4.90 Å². The maximum atomic E-state index is 11.0. The number of carboxylic acid groups (broad SMARTS) is 2. The van der Waals surface area contributed by atoms with E-state index in [9.17, 15) is 18.0 Å². The van der Waals surface area contributed by atoms with Crippen molar-refractivity contribution in [2.24, 2.45) is 11.8 Å². The van der Waals surface area contributed by atoms with Gasteiger partial charge in [0.05, 0.1) is 12.5 Å². The monoisotopic (exact) mass is 437 g/mol. The Labute approximate surface area is 171 Å². The zero-order chi connectivity index (χ0) is 21.6. The number of ether oxygens (including phenoxy) is 1. The molecule has 162 valence electrons. The summed E-state index contributed by atoms with van der Waals surface area (Å²) >= 11 is 6.12. The Balaban J connectivity index is 0.000000370. The first kappa shape index (κ1) is 23.3. The van der Waals surface area contributed by atoms with Crippen molar-refractivity contribution in [2.45, 2.75) is 38.4 Å². The number of carboxylic acids is 2. The fraction of sp³-hybridized carbons (Fsp3) is 0.579. The summed E-state index contributed by atoms with van der Waals surface area (Å²) in [7, 11) is 0. The number of carbonyl (C=O) groups is 2. The predicted molar refractivity (Wildman–Crippen MR) is 99.0 cm³/mol. The molecule has 29 heavy (non-hydrogen) atoms. The van der Waals surface area contributed by atoms with Gasteiger partial charge in [-0.25, -0.2) is 4.79 Å². The van der Waals surface area contributed by atoms with Crippen LogP contribution in [0.1, 0.15) is 31.2 Å². The van der Waals surface area contributed by atoms with Crippen molar-refractivity contribution in [1.29, 1.82) is 0 Å². The average Bonchev–Trinajstić information content (AvgIpc) is 3.46. The van der Waals surface area contributed by atoms with E-state index >= 15 is 0 Å². The zero-order valence-electron chi connectivity index (χ0n) is 15.6. The van der Waals surface area contributed by atoms with E-state index in [1.54, 1.807) is 0 Å². The van der Waals surface area contributed by atoms with Crippen LogP contribution < -0.4 is 4.74 Å². The number of hydrogen-bond acceptors (Lipinski definition) is 4. The molecule has 1 aliphatic heterocycles. The summed E-state index contributed by atoms with van der Waals surface area (Å²) in [6.45, 7) is 3.18. The Morgan fingerprint density at radius 3 is 2.21 bits per heavy atom. The molecule has 10 heteroatoms. The van der Waals surface area contributed by atoms with Crippen LogP contribution in [0.5, 0.6) is 5.75 Å². The van der Waals surface area contributed by atoms with Gasteiger partial charge < -0.3 is 14.9 Å². The maximum absolute atomic E-state index is 11.0. The number of rotatable bonds is 6. The average molecular weight is 438 g/mol. The third kappa shape index (κ3) is 8.10. The van der Waals surface area contributed by atoms with Gasteiger partial charge in [-0.1, -0.05) is 11.6 Å². The van der Waals surface area contributed by atoms with Gasteiger partial charge >= 0.3 is 18.1 Å². The molecule has 2 aliphatic rings. The van der Waals surface area contributed by atoms with E-state index in [4.69, 9.17) is 31.3 Å². The third-order valence-corrected chi connectivity index (χ3v) is 5.00. The lowest BCUT2D eigenvalue weighted by Crippen LogP contribution is -2.35. The Kier molecular flexibility index (Phi) is 8.15. The molecule has 0 amide bonds. The van der Waals surface area contributed by atoms with Gasteiger partial charge in [0, 0.05) is 17.1 Å². The second kappa shape index (κ2) is 10.2. The van der Waals surface area contributed by atoms with Crippen LogP contribution in [0.4, 0.5) is 13.2 Å². The topological polar surface area (TPSA) is 87.1 Å². The molecule has 0 unspecified atom stereocenters. The van der Waals surface area contributed by atoms with E-state index in [1.165, 1.54) is 12.8 Å². The highest BCUT2D eigenvalue weighted by Crippen LogP contribution is 2.32. The summed E-state index contributed by atoms with van der Waals surface area (Å²) in [5, 5.41) is 16.9. The highest BCUT2D eigenvalue weighted by atomic mass is 35.5. The lowest BCUT2D eigenvalue weighted by molar-refractivity contribution is -0.192. The summed E-state index contributed by atoms with van der Waals surface area (Å²) < 4.78 is 37.7. The Morgan fingerprint density at radius 1 is 1.14 bits per heavy atom. The van der Waals surface area contributed by atoms with E-state index in [1.807, 2.05) is 18.2 Å². The minimum absolute atomic E-state index is 0.193. The van der Waals surface area contributed by atoms with Gasteiger partial charge in [0.1, 0.15) is 5.75 Å². The third-order valence-electron chi connectivity index (χ3n) is 4.77. The molecule has 0 radical (unpaired) electrons. The van der Waals surface area contributed by atoms with E-state index in [0.29, 0.717) is 17.9 Å². The van der Waals surface area contributed by atoms with Crippen LogP contribution in [-0.4, -0.2) is 52.9 Å². The predicted octanol–water partition coefficient (Wildman–Crippen LogP) is 4.06. The second-order valence-corrected chi connectivity index (χ2v) is 7.63. The normalized spacial score (nSPS) is 17.9. The highest BCUT2D eigenvalue weighted by molar-refractivity contribution is 6.30. The number of piperidine rings is 1. The number of halogens is 4. The molecule has 0 spiro atoms. The molecule has 3 rings (SSSR count). The van der Waals surface area contributed by atoms with Crippen LogP contribution in [0.15, 0.2) is 18.2 Å². The van der Waals surface area contributed by atoms with Crippen LogP contribution in [0.25, 0.3) is 0 Å². The Hall–Kier alpha value is -2.00. The fourth-order valence-corrected chi connectivity index (χ4v) is 3.08. The van der Waals surface area contributed by atoms with Gasteiger partial charge in [-0.2, -0.15) is 13.2 Å². The van der Waals surface area contributed by atoms with E-state index < -0.39 is 18.1 Å². The van der Waals surface area contributed by atoms with Gasteiger partial charge in [0.2, 0.25) is 0 Å². The van der Waals surface area contributed by atoms with Gasteiger partial charge in [-0.15, -0.1) is 0 Å². The molecule has 1 aromatic carbocycles. The van der Waals surface area contributed by atoms with Crippen molar-refractivity contribution in [2.75, 3.05) is 19.7 Å². The molecule has 2 N–H and O–H groups in total. The van der Waals surface area contributed by atoms with Crippen LogP contribution in [0, 0.1) is 11.8 Å². The van der Waals surface area contributed by atoms with Crippen LogP contribution in [-0.2, 0) is 16.1 Å². The van der Waals surface area contributed by atoms with Crippen molar-refractivity contribution in [3.8, 4) is 5.75 Å². The van der Waals surface area contributed by atoms with Gasteiger partial charge in [0.25, 0.3) is 0 Å². The molecule has 1 saturated heterocycles. The minimum Gasteiger partial charge on any atom is -0.493 e. The first-order chi connectivity index (χ1) is 13.6. The summed E-state index contributed by atoms with van der Waals surface area (Å²) in [4.78, 5) is 22.2. The Bertz CT molecular complexity index is 716. The van der Waals surface area contributed by atoms with Crippen LogP contribution in [0.2, 0.25) is 5.02 Å². The van der Waals surface area contributed by atoms with E-state index in [0.717, 1.165) is 43.5 Å². The zero-order valence-corrected chi connectivity index (χ0v) is 16.4. The minimum atomic E-state index is -5.08. The summed E-state index contributed by atoms with van der Waals surface area (Å²) in [5.41, 5.74) is 1.10. The van der Waals surface area contributed by atoms with Crippen molar-refractivity contribution < 1.29 is 37.7 Å². The quantitative estimate of drug-likeness (QED) is 0.698.